The Bertz CT molecular complexity index is 208. The quantitative estimate of drug-likeness (QED) is 0.469. The minimum absolute atomic E-state index is 0.106. The van der Waals surface area contributed by atoms with E-state index in [0.717, 1.165) is 12.8 Å². The largest absolute Gasteiger partial charge is 0.355 e. The molecule has 0 aromatic carbocycles. The van der Waals surface area contributed by atoms with E-state index in [-0.39, 0.29) is 24.2 Å². The minimum atomic E-state index is -0.109. The van der Waals surface area contributed by atoms with E-state index >= 15 is 0 Å². The summed E-state index contributed by atoms with van der Waals surface area (Å²) in [6.45, 7) is 8.09. The second-order valence-corrected chi connectivity index (χ2v) is 4.82. The molecule has 0 aliphatic heterocycles. The van der Waals surface area contributed by atoms with Gasteiger partial charge in [-0.05, 0) is 27.2 Å². The van der Waals surface area contributed by atoms with Crippen molar-refractivity contribution in [3.63, 3.8) is 0 Å². The highest BCUT2D eigenvalue weighted by Crippen LogP contribution is 1.95. The molecule has 5 heteroatoms. The maximum absolute atomic E-state index is 11.6. The molecule has 4 atom stereocenters. The second kappa shape index (κ2) is 7.46. The molecule has 0 saturated heterocycles. The third-order valence-electron chi connectivity index (χ3n) is 2.72. The summed E-state index contributed by atoms with van der Waals surface area (Å²) in [6.07, 6.45) is 1.86. The zero-order valence-corrected chi connectivity index (χ0v) is 11.0. The highest BCUT2D eigenvalue weighted by molar-refractivity contribution is 5.74. The lowest BCUT2D eigenvalue weighted by molar-refractivity contribution is -0.425. The Morgan fingerprint density at radius 1 is 1.19 bits per heavy atom. The molecule has 8 N–H and O–H groups in total. The highest BCUT2D eigenvalue weighted by atomic mass is 16.2. The molecule has 0 saturated carbocycles. The van der Waals surface area contributed by atoms with E-state index in [1.807, 2.05) is 20.8 Å². The molecule has 4 unspecified atom stereocenters. The molecule has 2 amide bonds. The fourth-order valence-corrected chi connectivity index (χ4v) is 1.61. The molecule has 0 radical (unpaired) electrons. The van der Waals surface area contributed by atoms with E-state index < -0.39 is 0 Å². The predicted molar refractivity (Wildman–Crippen MR) is 64.5 cm³/mol. The van der Waals surface area contributed by atoms with E-state index in [1.165, 1.54) is 0 Å². The fourth-order valence-electron chi connectivity index (χ4n) is 1.61. The molecule has 0 fully saturated rings. The van der Waals surface area contributed by atoms with Gasteiger partial charge in [0.15, 0.2) is 0 Å². The van der Waals surface area contributed by atoms with Crippen LogP contribution < -0.4 is 22.1 Å². The van der Waals surface area contributed by atoms with Gasteiger partial charge < -0.3 is 22.1 Å². The van der Waals surface area contributed by atoms with Gasteiger partial charge in [-0.25, -0.2) is 4.79 Å². The number of rotatable bonds is 6. The average Bonchev–Trinajstić information content (AvgIpc) is 2.14. The van der Waals surface area contributed by atoms with Gasteiger partial charge in [-0.1, -0.05) is 6.92 Å². The molecule has 5 nitrogen and oxygen atoms in total. The third-order valence-corrected chi connectivity index (χ3v) is 2.72. The molecule has 96 valence electrons. The highest BCUT2D eigenvalue weighted by Gasteiger charge is 2.17. The number of urea groups is 1. The summed E-state index contributed by atoms with van der Waals surface area (Å²) in [5.74, 6) is 0. The number of nitrogens with one attached hydrogen (secondary N) is 2. The number of quaternary nitrogens is 2. The maximum atomic E-state index is 11.6. The smallest absolute Gasteiger partial charge is 0.315 e. The van der Waals surface area contributed by atoms with Crippen LogP contribution in [0.2, 0.25) is 0 Å². The Balaban J connectivity index is 3.89. The van der Waals surface area contributed by atoms with Crippen molar-refractivity contribution in [1.82, 2.24) is 10.6 Å². The zero-order valence-electron chi connectivity index (χ0n) is 11.0. The van der Waals surface area contributed by atoms with E-state index in [2.05, 4.69) is 29.0 Å². The minimum Gasteiger partial charge on any atom is -0.355 e. The summed E-state index contributed by atoms with van der Waals surface area (Å²) >= 11 is 0. The van der Waals surface area contributed by atoms with Gasteiger partial charge >= 0.3 is 6.03 Å². The van der Waals surface area contributed by atoms with Gasteiger partial charge in [0.25, 0.3) is 0 Å². The van der Waals surface area contributed by atoms with Crippen molar-refractivity contribution in [2.75, 3.05) is 0 Å². The Morgan fingerprint density at radius 3 is 2.19 bits per heavy atom. The molecule has 16 heavy (non-hydrogen) atoms. The molecule has 0 aromatic heterocycles. The molecule has 0 aliphatic rings. The number of amides is 2. The van der Waals surface area contributed by atoms with Crippen molar-refractivity contribution < 1.29 is 16.3 Å². The van der Waals surface area contributed by atoms with Crippen molar-refractivity contribution in [2.45, 2.75) is 64.7 Å². The lowest BCUT2D eigenvalue weighted by atomic mass is 10.1. The molecule has 0 aromatic rings. The Kier molecular flexibility index (Phi) is 7.08. The zero-order chi connectivity index (χ0) is 12.7. The van der Waals surface area contributed by atoms with Gasteiger partial charge in [0, 0.05) is 12.5 Å². The number of carbonyl (C=O) groups is 1. The predicted octanol–water partition coefficient (Wildman–Crippen LogP) is -0.896. The Hall–Kier alpha value is -0.810. The van der Waals surface area contributed by atoms with Crippen molar-refractivity contribution in [1.29, 1.82) is 0 Å². The van der Waals surface area contributed by atoms with Crippen LogP contribution in [0, 0.1) is 0 Å². The molecule has 0 bridgehead atoms. The van der Waals surface area contributed by atoms with E-state index in [1.54, 1.807) is 0 Å². The first-order chi connectivity index (χ1) is 7.36. The lowest BCUT2D eigenvalue weighted by Crippen LogP contribution is -2.69. The van der Waals surface area contributed by atoms with Crippen molar-refractivity contribution in [3.8, 4) is 0 Å². The fraction of sp³-hybridized carbons (Fsp3) is 0.909. The van der Waals surface area contributed by atoms with Gasteiger partial charge in [-0.2, -0.15) is 0 Å². The second-order valence-electron chi connectivity index (χ2n) is 4.82. The van der Waals surface area contributed by atoms with E-state index in [4.69, 9.17) is 0 Å². The van der Waals surface area contributed by atoms with Crippen LogP contribution >= 0.6 is 0 Å². The van der Waals surface area contributed by atoms with Gasteiger partial charge in [0.05, 0.1) is 12.1 Å². The van der Waals surface area contributed by atoms with Crippen LogP contribution in [0.3, 0.4) is 0 Å². The molecule has 0 spiro atoms. The lowest BCUT2D eigenvalue weighted by Gasteiger charge is -2.20. The first kappa shape index (κ1) is 15.2. The van der Waals surface area contributed by atoms with Crippen LogP contribution in [-0.4, -0.2) is 30.2 Å². The van der Waals surface area contributed by atoms with Gasteiger partial charge in [-0.3, -0.25) is 0 Å². The average molecular weight is 232 g/mol. The summed E-state index contributed by atoms with van der Waals surface area (Å²) in [6, 6.07) is 0.762. The van der Waals surface area contributed by atoms with Gasteiger partial charge in [0.2, 0.25) is 0 Å². The van der Waals surface area contributed by atoms with Crippen LogP contribution in [0.25, 0.3) is 0 Å². The van der Waals surface area contributed by atoms with Gasteiger partial charge in [-0.15, -0.1) is 0 Å². The summed E-state index contributed by atoms with van der Waals surface area (Å²) in [7, 11) is 0. The van der Waals surface area contributed by atoms with Gasteiger partial charge in [0.1, 0.15) is 6.04 Å². The topological polar surface area (TPSA) is 96.4 Å². The monoisotopic (exact) mass is 232 g/mol. The van der Waals surface area contributed by atoms with E-state index in [9.17, 15) is 4.79 Å². The van der Waals surface area contributed by atoms with Crippen LogP contribution in [0.4, 0.5) is 4.79 Å². The molecule has 0 aliphatic carbocycles. The normalized spacial score (nSPS) is 18.4. The first-order valence-electron chi connectivity index (χ1n) is 6.10. The maximum Gasteiger partial charge on any atom is 0.315 e. The molecular formula is C11H28N4O+2. The standard InChI is InChI=1S/C11H26N4O/c1-5-10(13)9(4)15-11(16)14-8(3)6-7(2)12/h7-10H,5-6,12-13H2,1-4H3,(H2,14,15,16)/p+2. The first-order valence-corrected chi connectivity index (χ1v) is 6.10. The molecular weight excluding hydrogens is 204 g/mol. The van der Waals surface area contributed by atoms with Crippen LogP contribution in [-0.2, 0) is 0 Å². The van der Waals surface area contributed by atoms with Crippen LogP contribution in [0.5, 0.6) is 0 Å². The summed E-state index contributed by atoms with van der Waals surface area (Å²) in [5.41, 5.74) is 7.89. The molecule has 0 heterocycles. The van der Waals surface area contributed by atoms with E-state index in [0.29, 0.717) is 6.04 Å². The van der Waals surface area contributed by atoms with Crippen molar-refractivity contribution in [3.05, 3.63) is 0 Å². The Labute approximate surface area is 98.3 Å². The van der Waals surface area contributed by atoms with Crippen molar-refractivity contribution >= 4 is 6.03 Å². The number of hydrogen-bond acceptors (Lipinski definition) is 1. The summed E-state index contributed by atoms with van der Waals surface area (Å²) in [4.78, 5) is 11.6. The number of carbonyl (C=O) groups excluding carboxylic acids is 1. The Morgan fingerprint density at radius 2 is 1.75 bits per heavy atom. The summed E-state index contributed by atoms with van der Waals surface area (Å²) in [5, 5.41) is 5.81. The summed E-state index contributed by atoms with van der Waals surface area (Å²) < 4.78 is 0. The molecule has 0 rings (SSSR count). The van der Waals surface area contributed by atoms with Crippen LogP contribution in [0.15, 0.2) is 0 Å². The van der Waals surface area contributed by atoms with Crippen LogP contribution in [0.1, 0.15) is 40.5 Å². The SMILES string of the molecule is CCC([NH3+])C(C)NC(=O)NC(C)CC(C)[NH3+]. The third kappa shape index (κ3) is 6.63. The van der Waals surface area contributed by atoms with Crippen molar-refractivity contribution in [2.24, 2.45) is 0 Å². The number of hydrogen-bond donors (Lipinski definition) is 4.